The van der Waals surface area contributed by atoms with E-state index in [-0.39, 0.29) is 0 Å². The SMILES string of the molecule is Cc1ncc(Cn2c(CCl)nc3ccc(C#N)cc32)s1. The quantitative estimate of drug-likeness (QED) is 0.696. The van der Waals surface area contributed by atoms with Crippen LogP contribution in [-0.2, 0) is 12.4 Å². The molecule has 0 saturated carbocycles. The zero-order chi connectivity index (χ0) is 14.1. The Labute approximate surface area is 125 Å². The molecule has 0 spiro atoms. The molecule has 0 fully saturated rings. The fraction of sp³-hybridized carbons (Fsp3) is 0.214. The summed E-state index contributed by atoms with van der Waals surface area (Å²) in [6.07, 6.45) is 1.87. The average Bonchev–Trinajstić information content (AvgIpc) is 3.03. The molecule has 100 valence electrons. The van der Waals surface area contributed by atoms with Crippen LogP contribution in [0.4, 0.5) is 0 Å². The summed E-state index contributed by atoms with van der Waals surface area (Å²) in [5.41, 5.74) is 2.42. The average molecular weight is 303 g/mol. The van der Waals surface area contributed by atoms with Crippen LogP contribution in [0.2, 0.25) is 0 Å². The van der Waals surface area contributed by atoms with Gasteiger partial charge in [-0.15, -0.1) is 22.9 Å². The highest BCUT2D eigenvalue weighted by atomic mass is 35.5. The Morgan fingerprint density at radius 1 is 1.45 bits per heavy atom. The van der Waals surface area contributed by atoms with Gasteiger partial charge in [0.2, 0.25) is 0 Å². The van der Waals surface area contributed by atoms with Gasteiger partial charge in [-0.05, 0) is 25.1 Å². The van der Waals surface area contributed by atoms with Gasteiger partial charge in [0.15, 0.2) is 0 Å². The van der Waals surface area contributed by atoms with Crippen molar-refractivity contribution in [2.75, 3.05) is 0 Å². The number of halogens is 1. The highest BCUT2D eigenvalue weighted by molar-refractivity contribution is 7.11. The van der Waals surface area contributed by atoms with E-state index < -0.39 is 0 Å². The van der Waals surface area contributed by atoms with E-state index in [0.29, 0.717) is 18.0 Å². The minimum atomic E-state index is 0.342. The van der Waals surface area contributed by atoms with Crippen LogP contribution in [0.15, 0.2) is 24.4 Å². The van der Waals surface area contributed by atoms with E-state index in [4.69, 9.17) is 16.9 Å². The van der Waals surface area contributed by atoms with E-state index in [1.165, 1.54) is 0 Å². The predicted molar refractivity (Wildman–Crippen MR) is 80.0 cm³/mol. The maximum atomic E-state index is 9.03. The second kappa shape index (κ2) is 5.23. The molecular formula is C14H11ClN4S. The lowest BCUT2D eigenvalue weighted by atomic mass is 10.2. The molecule has 0 saturated heterocycles. The van der Waals surface area contributed by atoms with Gasteiger partial charge in [-0.1, -0.05) is 0 Å². The summed E-state index contributed by atoms with van der Waals surface area (Å²) >= 11 is 7.64. The molecule has 0 aliphatic heterocycles. The lowest BCUT2D eigenvalue weighted by Crippen LogP contribution is -2.02. The van der Waals surface area contributed by atoms with Crippen LogP contribution in [0.1, 0.15) is 21.3 Å². The van der Waals surface area contributed by atoms with E-state index in [2.05, 4.69) is 20.6 Å². The largest absolute Gasteiger partial charge is 0.322 e. The number of nitriles is 1. The summed E-state index contributed by atoms with van der Waals surface area (Å²) in [5.74, 6) is 1.15. The fourth-order valence-electron chi connectivity index (χ4n) is 2.15. The number of aromatic nitrogens is 3. The Kier molecular flexibility index (Phi) is 3.43. The van der Waals surface area contributed by atoms with Gasteiger partial charge < -0.3 is 4.57 Å². The monoisotopic (exact) mass is 302 g/mol. The molecule has 3 aromatic rings. The molecule has 0 amide bonds. The van der Waals surface area contributed by atoms with Crippen LogP contribution in [0.25, 0.3) is 11.0 Å². The Morgan fingerprint density at radius 3 is 2.95 bits per heavy atom. The molecule has 2 heterocycles. The highest BCUT2D eigenvalue weighted by Gasteiger charge is 2.12. The van der Waals surface area contributed by atoms with Gasteiger partial charge in [-0.3, -0.25) is 0 Å². The van der Waals surface area contributed by atoms with Gasteiger partial charge in [-0.25, -0.2) is 9.97 Å². The maximum absolute atomic E-state index is 9.03. The number of rotatable bonds is 3. The number of thiazole rings is 1. The number of alkyl halides is 1. The van der Waals surface area contributed by atoms with Crippen molar-refractivity contribution in [3.05, 3.63) is 45.7 Å². The summed E-state index contributed by atoms with van der Waals surface area (Å²) in [6.45, 7) is 2.66. The number of hydrogen-bond acceptors (Lipinski definition) is 4. The first kappa shape index (κ1) is 13.1. The van der Waals surface area contributed by atoms with Crippen molar-refractivity contribution in [2.45, 2.75) is 19.3 Å². The van der Waals surface area contributed by atoms with Crippen molar-refractivity contribution in [2.24, 2.45) is 0 Å². The highest BCUT2D eigenvalue weighted by Crippen LogP contribution is 2.22. The number of benzene rings is 1. The number of imidazole rings is 1. The molecule has 20 heavy (non-hydrogen) atoms. The molecule has 0 unspecified atom stereocenters. The first-order valence-corrected chi connectivity index (χ1v) is 7.43. The molecule has 3 rings (SSSR count). The minimum Gasteiger partial charge on any atom is -0.322 e. The third-order valence-electron chi connectivity index (χ3n) is 3.06. The Morgan fingerprint density at radius 2 is 2.30 bits per heavy atom. The second-order valence-electron chi connectivity index (χ2n) is 4.41. The molecule has 0 atom stereocenters. The van der Waals surface area contributed by atoms with Crippen molar-refractivity contribution < 1.29 is 0 Å². The van der Waals surface area contributed by atoms with Crippen LogP contribution in [0.5, 0.6) is 0 Å². The topological polar surface area (TPSA) is 54.5 Å². The molecule has 0 radical (unpaired) electrons. The predicted octanol–water partition coefficient (Wildman–Crippen LogP) is 3.46. The van der Waals surface area contributed by atoms with Crippen LogP contribution in [0.3, 0.4) is 0 Å². The van der Waals surface area contributed by atoms with Gasteiger partial charge in [0.05, 0.1) is 40.1 Å². The van der Waals surface area contributed by atoms with E-state index in [0.717, 1.165) is 26.7 Å². The fourth-order valence-corrected chi connectivity index (χ4v) is 3.14. The molecule has 1 aromatic carbocycles. The van der Waals surface area contributed by atoms with Gasteiger partial charge >= 0.3 is 0 Å². The molecule has 0 aliphatic carbocycles. The van der Waals surface area contributed by atoms with Gasteiger partial charge in [-0.2, -0.15) is 5.26 Å². The number of nitrogens with zero attached hydrogens (tertiary/aromatic N) is 4. The normalized spacial score (nSPS) is 10.8. The standard InChI is InChI=1S/C14H11ClN4S/c1-9-17-7-11(20-9)8-19-13-4-10(6-16)2-3-12(13)18-14(19)5-15/h2-4,7H,5,8H2,1H3. The summed E-state index contributed by atoms with van der Waals surface area (Å²) in [7, 11) is 0. The van der Waals surface area contributed by atoms with Crippen molar-refractivity contribution >= 4 is 34.0 Å². The summed E-state index contributed by atoms with van der Waals surface area (Å²) in [4.78, 5) is 9.93. The lowest BCUT2D eigenvalue weighted by Gasteiger charge is -2.05. The first-order valence-electron chi connectivity index (χ1n) is 6.08. The van der Waals surface area contributed by atoms with Crippen molar-refractivity contribution in [1.82, 2.24) is 14.5 Å². The smallest absolute Gasteiger partial charge is 0.125 e. The van der Waals surface area contributed by atoms with Crippen LogP contribution < -0.4 is 0 Å². The van der Waals surface area contributed by atoms with E-state index in [1.54, 1.807) is 17.4 Å². The third-order valence-corrected chi connectivity index (χ3v) is 4.20. The molecule has 4 nitrogen and oxygen atoms in total. The van der Waals surface area contributed by atoms with Gasteiger partial charge in [0.1, 0.15) is 5.82 Å². The van der Waals surface area contributed by atoms with E-state index in [9.17, 15) is 0 Å². The van der Waals surface area contributed by atoms with Crippen molar-refractivity contribution in [3.63, 3.8) is 0 Å². The van der Waals surface area contributed by atoms with E-state index >= 15 is 0 Å². The van der Waals surface area contributed by atoms with Gasteiger partial charge in [0, 0.05) is 11.1 Å². The van der Waals surface area contributed by atoms with E-state index in [1.807, 2.05) is 25.3 Å². The molecule has 6 heteroatoms. The third kappa shape index (κ3) is 2.28. The van der Waals surface area contributed by atoms with Crippen LogP contribution in [-0.4, -0.2) is 14.5 Å². The second-order valence-corrected chi connectivity index (χ2v) is 6.00. The van der Waals surface area contributed by atoms with Crippen molar-refractivity contribution in [3.8, 4) is 6.07 Å². The molecular weight excluding hydrogens is 292 g/mol. The molecule has 0 aliphatic rings. The summed E-state index contributed by atoms with van der Waals surface area (Å²) in [5, 5.41) is 10.1. The lowest BCUT2D eigenvalue weighted by molar-refractivity contribution is 0.787. The minimum absolute atomic E-state index is 0.342. The summed E-state index contributed by atoms with van der Waals surface area (Å²) in [6, 6.07) is 7.64. The van der Waals surface area contributed by atoms with Crippen LogP contribution >= 0.6 is 22.9 Å². The van der Waals surface area contributed by atoms with Crippen LogP contribution in [0, 0.1) is 18.3 Å². The Balaban J connectivity index is 2.13. The number of fused-ring (bicyclic) bond motifs is 1. The zero-order valence-electron chi connectivity index (χ0n) is 10.8. The number of aryl methyl sites for hydroxylation is 1. The number of hydrogen-bond donors (Lipinski definition) is 0. The van der Waals surface area contributed by atoms with Crippen molar-refractivity contribution in [1.29, 1.82) is 5.26 Å². The summed E-state index contributed by atoms with van der Waals surface area (Å²) < 4.78 is 2.05. The maximum Gasteiger partial charge on any atom is 0.125 e. The molecule has 0 bridgehead atoms. The first-order chi connectivity index (χ1) is 9.71. The Bertz CT molecular complexity index is 812. The molecule has 2 aromatic heterocycles. The molecule has 0 N–H and O–H groups in total. The van der Waals surface area contributed by atoms with Gasteiger partial charge in [0.25, 0.3) is 0 Å². The Hall–Kier alpha value is -1.90. The zero-order valence-corrected chi connectivity index (χ0v) is 12.4.